The van der Waals surface area contributed by atoms with Crippen molar-refractivity contribution in [2.45, 2.75) is 38.1 Å². The van der Waals surface area contributed by atoms with E-state index in [1.807, 2.05) is 12.1 Å². The number of unbranched alkanes of at least 4 members (excludes halogenated alkanes) is 2. The number of benzene rings is 1. The van der Waals surface area contributed by atoms with Gasteiger partial charge in [-0.25, -0.2) is 4.68 Å². The molecular weight excluding hydrogens is 334 g/mol. The van der Waals surface area contributed by atoms with Crippen LogP contribution in [0.15, 0.2) is 29.2 Å². The highest BCUT2D eigenvalue weighted by Crippen LogP contribution is 2.19. The van der Waals surface area contributed by atoms with Crippen LogP contribution in [0.3, 0.4) is 0 Å². The first-order chi connectivity index (χ1) is 12.6. The van der Waals surface area contributed by atoms with E-state index in [9.17, 15) is 14.4 Å². The van der Waals surface area contributed by atoms with Crippen LogP contribution < -0.4 is 21.9 Å². The molecule has 1 aromatic heterocycles. The van der Waals surface area contributed by atoms with E-state index in [0.29, 0.717) is 17.3 Å². The van der Waals surface area contributed by atoms with E-state index < -0.39 is 11.9 Å². The highest BCUT2D eigenvalue weighted by molar-refractivity contribution is 5.99. The Morgan fingerprint density at radius 2 is 2.08 bits per heavy atom. The molecule has 1 saturated heterocycles. The van der Waals surface area contributed by atoms with Gasteiger partial charge >= 0.3 is 0 Å². The second-order valence-electron chi connectivity index (χ2n) is 6.44. The van der Waals surface area contributed by atoms with Gasteiger partial charge in [0.25, 0.3) is 11.5 Å². The number of hydrogen-bond donors (Lipinski definition) is 3. The fourth-order valence-electron chi connectivity index (χ4n) is 3.09. The number of nitrogens with zero attached hydrogens (tertiary/aromatic N) is 2. The molecular formula is C18H23N5O3. The zero-order valence-electron chi connectivity index (χ0n) is 14.5. The largest absolute Gasteiger partial charge is 0.385 e. The third-order valence-electron chi connectivity index (χ3n) is 4.53. The minimum Gasteiger partial charge on any atom is -0.385 e. The van der Waals surface area contributed by atoms with Crippen molar-refractivity contribution in [1.29, 1.82) is 0 Å². The molecule has 2 aromatic rings. The number of nitrogens with one attached hydrogen (secondary N) is 2. The topological polar surface area (TPSA) is 119 Å². The van der Waals surface area contributed by atoms with E-state index in [1.54, 1.807) is 12.3 Å². The molecule has 8 nitrogen and oxygen atoms in total. The first-order valence-corrected chi connectivity index (χ1v) is 8.89. The van der Waals surface area contributed by atoms with Gasteiger partial charge in [0.2, 0.25) is 5.91 Å². The SMILES string of the molecule is NCCCCCNc1ccc2c(=O)n(C3CCC(=O)NC3=O)ncc2c1. The van der Waals surface area contributed by atoms with E-state index in [4.69, 9.17) is 5.73 Å². The number of anilines is 1. The minimum atomic E-state index is -0.745. The summed E-state index contributed by atoms with van der Waals surface area (Å²) in [7, 11) is 0. The van der Waals surface area contributed by atoms with Crippen LogP contribution in [0.4, 0.5) is 5.69 Å². The van der Waals surface area contributed by atoms with Gasteiger partial charge in [0.1, 0.15) is 6.04 Å². The normalized spacial score (nSPS) is 17.3. The van der Waals surface area contributed by atoms with Gasteiger partial charge < -0.3 is 11.1 Å². The number of imide groups is 1. The van der Waals surface area contributed by atoms with Crippen LogP contribution in [0, 0.1) is 0 Å². The second-order valence-corrected chi connectivity index (χ2v) is 6.44. The molecule has 2 heterocycles. The van der Waals surface area contributed by atoms with Crippen LogP contribution >= 0.6 is 0 Å². The van der Waals surface area contributed by atoms with Crippen molar-refractivity contribution in [2.24, 2.45) is 5.73 Å². The molecule has 138 valence electrons. The third kappa shape index (κ3) is 3.91. The van der Waals surface area contributed by atoms with E-state index in [-0.39, 0.29) is 24.3 Å². The summed E-state index contributed by atoms with van der Waals surface area (Å²) in [4.78, 5) is 36.0. The number of carbonyl (C=O) groups excluding carboxylic acids is 2. The molecule has 2 amide bonds. The molecule has 0 spiro atoms. The number of hydrogen-bond acceptors (Lipinski definition) is 6. The van der Waals surface area contributed by atoms with Crippen molar-refractivity contribution in [3.05, 3.63) is 34.7 Å². The third-order valence-corrected chi connectivity index (χ3v) is 4.53. The van der Waals surface area contributed by atoms with Crippen molar-refractivity contribution in [2.75, 3.05) is 18.4 Å². The second kappa shape index (κ2) is 8.09. The Balaban J connectivity index is 1.77. The van der Waals surface area contributed by atoms with Crippen LogP contribution in [0.1, 0.15) is 38.1 Å². The smallest absolute Gasteiger partial charge is 0.275 e. The van der Waals surface area contributed by atoms with Crippen molar-refractivity contribution in [1.82, 2.24) is 15.1 Å². The number of nitrogens with two attached hydrogens (primary N) is 1. The van der Waals surface area contributed by atoms with E-state index >= 15 is 0 Å². The molecule has 0 aliphatic carbocycles. The maximum atomic E-state index is 12.7. The Hall–Kier alpha value is -2.74. The summed E-state index contributed by atoms with van der Waals surface area (Å²) in [5.41, 5.74) is 6.07. The molecule has 26 heavy (non-hydrogen) atoms. The number of rotatable bonds is 7. The Morgan fingerprint density at radius 3 is 2.85 bits per heavy atom. The van der Waals surface area contributed by atoms with E-state index in [0.717, 1.165) is 31.5 Å². The van der Waals surface area contributed by atoms with Gasteiger partial charge in [-0.1, -0.05) is 6.42 Å². The highest BCUT2D eigenvalue weighted by Gasteiger charge is 2.29. The molecule has 0 bridgehead atoms. The zero-order chi connectivity index (χ0) is 18.5. The van der Waals surface area contributed by atoms with Crippen LogP contribution in [0.5, 0.6) is 0 Å². The molecule has 4 N–H and O–H groups in total. The number of amides is 2. The first kappa shape index (κ1) is 18.1. The Labute approximate surface area is 150 Å². The molecule has 1 aromatic carbocycles. The molecule has 3 rings (SSSR count). The molecule has 1 aliphatic rings. The quantitative estimate of drug-likeness (QED) is 0.501. The van der Waals surface area contributed by atoms with Crippen LogP contribution in [-0.2, 0) is 9.59 Å². The Kier molecular flexibility index (Phi) is 5.62. The van der Waals surface area contributed by atoms with E-state index in [2.05, 4.69) is 15.7 Å². The fraction of sp³-hybridized carbons (Fsp3) is 0.444. The van der Waals surface area contributed by atoms with Gasteiger partial charge in [-0.2, -0.15) is 5.10 Å². The van der Waals surface area contributed by atoms with Crippen LogP contribution in [0.2, 0.25) is 0 Å². The Morgan fingerprint density at radius 1 is 1.23 bits per heavy atom. The Bertz CT molecular complexity index is 877. The van der Waals surface area contributed by atoms with Gasteiger partial charge in [0, 0.05) is 24.0 Å². The average molecular weight is 357 g/mol. The van der Waals surface area contributed by atoms with Crippen LogP contribution in [0.25, 0.3) is 10.8 Å². The number of carbonyl (C=O) groups is 2. The molecule has 1 aliphatic heterocycles. The molecule has 1 atom stereocenters. The van der Waals surface area contributed by atoms with Gasteiger partial charge in [-0.3, -0.25) is 19.7 Å². The standard InChI is InChI=1S/C18H23N5O3/c19-8-2-1-3-9-20-13-4-5-14-12(10-13)11-21-23(18(14)26)15-6-7-16(24)22-17(15)25/h4-5,10-11,15,20H,1-3,6-9,19H2,(H,22,24,25). The van der Waals surface area contributed by atoms with Crippen molar-refractivity contribution in [3.8, 4) is 0 Å². The fourth-order valence-corrected chi connectivity index (χ4v) is 3.09. The van der Waals surface area contributed by atoms with Gasteiger partial charge in [0.15, 0.2) is 0 Å². The highest BCUT2D eigenvalue weighted by atomic mass is 16.2. The maximum absolute atomic E-state index is 12.7. The minimum absolute atomic E-state index is 0.204. The zero-order valence-corrected chi connectivity index (χ0v) is 14.5. The summed E-state index contributed by atoms with van der Waals surface area (Å²) in [5, 5.41) is 11.0. The van der Waals surface area contributed by atoms with Crippen LogP contribution in [-0.4, -0.2) is 34.7 Å². The molecule has 1 unspecified atom stereocenters. The number of aromatic nitrogens is 2. The lowest BCUT2D eigenvalue weighted by Crippen LogP contribution is -2.45. The van der Waals surface area contributed by atoms with Gasteiger partial charge in [-0.05, 0) is 44.0 Å². The summed E-state index contributed by atoms with van der Waals surface area (Å²) in [6.45, 7) is 1.55. The monoisotopic (exact) mass is 357 g/mol. The van der Waals surface area contributed by atoms with Crippen molar-refractivity contribution < 1.29 is 9.59 Å². The summed E-state index contributed by atoms with van der Waals surface area (Å²) in [6.07, 6.45) is 5.20. The predicted molar refractivity (Wildman–Crippen MR) is 98.8 cm³/mol. The average Bonchev–Trinajstić information content (AvgIpc) is 2.63. The molecule has 1 fully saturated rings. The predicted octanol–water partition coefficient (Wildman–Crippen LogP) is 0.915. The number of piperidine rings is 1. The van der Waals surface area contributed by atoms with E-state index in [1.165, 1.54) is 4.68 Å². The summed E-state index contributed by atoms with van der Waals surface area (Å²) in [6, 6.07) is 4.72. The van der Waals surface area contributed by atoms with Gasteiger partial charge in [0.05, 0.1) is 11.6 Å². The number of fused-ring (bicyclic) bond motifs is 1. The molecule has 0 radical (unpaired) electrons. The lowest BCUT2D eigenvalue weighted by Gasteiger charge is -2.21. The van der Waals surface area contributed by atoms with Crippen molar-refractivity contribution >= 4 is 28.3 Å². The summed E-state index contributed by atoms with van der Waals surface area (Å²) < 4.78 is 1.17. The lowest BCUT2D eigenvalue weighted by molar-refractivity contribution is -0.136. The maximum Gasteiger partial charge on any atom is 0.275 e. The summed E-state index contributed by atoms with van der Waals surface area (Å²) >= 11 is 0. The van der Waals surface area contributed by atoms with Crippen molar-refractivity contribution in [3.63, 3.8) is 0 Å². The van der Waals surface area contributed by atoms with Gasteiger partial charge in [-0.15, -0.1) is 0 Å². The lowest BCUT2D eigenvalue weighted by atomic mass is 10.1. The molecule has 8 heteroatoms. The molecule has 0 saturated carbocycles. The first-order valence-electron chi connectivity index (χ1n) is 8.89. The summed E-state index contributed by atoms with van der Waals surface area (Å²) in [5.74, 6) is -0.798.